The first-order valence-corrected chi connectivity index (χ1v) is 8.18. The standard InChI is InChI=1S/C19H16ClN5O/c1-12-9-18(23-14-5-3-13(11-21)4-6-14)25-19(22-12)24-15-7-8-17(26-2)16(20)10-15/h3-10H,1-2H3,(H2,22,23,24,25). The number of benzene rings is 2. The first-order valence-electron chi connectivity index (χ1n) is 7.81. The van der Waals surface area contributed by atoms with Crippen molar-refractivity contribution in [3.8, 4) is 11.8 Å². The highest BCUT2D eigenvalue weighted by Crippen LogP contribution is 2.28. The van der Waals surface area contributed by atoms with E-state index in [0.717, 1.165) is 17.1 Å². The minimum atomic E-state index is 0.447. The third-order valence-corrected chi connectivity index (χ3v) is 3.84. The van der Waals surface area contributed by atoms with Crippen molar-refractivity contribution in [3.05, 3.63) is 64.8 Å². The van der Waals surface area contributed by atoms with E-state index in [9.17, 15) is 0 Å². The molecule has 2 N–H and O–H groups in total. The van der Waals surface area contributed by atoms with Crippen LogP contribution in [0.1, 0.15) is 11.3 Å². The van der Waals surface area contributed by atoms with Gasteiger partial charge >= 0.3 is 0 Å². The maximum absolute atomic E-state index is 8.87. The van der Waals surface area contributed by atoms with Gasteiger partial charge in [-0.05, 0) is 49.4 Å². The Balaban J connectivity index is 1.80. The molecule has 0 spiro atoms. The lowest BCUT2D eigenvalue weighted by Gasteiger charge is -2.11. The second kappa shape index (κ2) is 7.72. The Morgan fingerprint density at radius 3 is 2.38 bits per heavy atom. The van der Waals surface area contributed by atoms with E-state index in [1.54, 1.807) is 31.4 Å². The van der Waals surface area contributed by atoms with Crippen LogP contribution in [0.2, 0.25) is 5.02 Å². The molecule has 0 unspecified atom stereocenters. The number of hydrogen-bond acceptors (Lipinski definition) is 6. The van der Waals surface area contributed by atoms with Gasteiger partial charge in [0.1, 0.15) is 11.6 Å². The smallest absolute Gasteiger partial charge is 0.229 e. The van der Waals surface area contributed by atoms with Crippen LogP contribution in [0, 0.1) is 18.3 Å². The van der Waals surface area contributed by atoms with E-state index >= 15 is 0 Å². The van der Waals surface area contributed by atoms with Crippen molar-refractivity contribution in [2.45, 2.75) is 6.92 Å². The molecular formula is C19H16ClN5O. The third kappa shape index (κ3) is 4.21. The van der Waals surface area contributed by atoms with E-state index in [-0.39, 0.29) is 0 Å². The fraction of sp³-hybridized carbons (Fsp3) is 0.105. The van der Waals surface area contributed by atoms with Gasteiger partial charge in [-0.1, -0.05) is 11.6 Å². The van der Waals surface area contributed by atoms with Gasteiger partial charge in [-0.3, -0.25) is 0 Å². The van der Waals surface area contributed by atoms with Gasteiger partial charge in [0, 0.05) is 23.1 Å². The van der Waals surface area contributed by atoms with Gasteiger partial charge in [0.25, 0.3) is 0 Å². The summed E-state index contributed by atoms with van der Waals surface area (Å²) >= 11 is 6.15. The molecule has 0 radical (unpaired) electrons. The van der Waals surface area contributed by atoms with Crippen molar-refractivity contribution in [2.24, 2.45) is 0 Å². The van der Waals surface area contributed by atoms with Crippen molar-refractivity contribution in [2.75, 3.05) is 17.7 Å². The number of ether oxygens (including phenoxy) is 1. The highest BCUT2D eigenvalue weighted by Gasteiger charge is 2.06. The Kier molecular flexibility index (Phi) is 5.20. The number of hydrogen-bond donors (Lipinski definition) is 2. The van der Waals surface area contributed by atoms with E-state index in [1.165, 1.54) is 0 Å². The molecule has 0 saturated heterocycles. The summed E-state index contributed by atoms with van der Waals surface area (Å²) < 4.78 is 5.15. The van der Waals surface area contributed by atoms with E-state index in [4.69, 9.17) is 21.6 Å². The number of aromatic nitrogens is 2. The molecule has 0 fully saturated rings. The Hall–Kier alpha value is -3.30. The largest absolute Gasteiger partial charge is 0.495 e. The molecule has 26 heavy (non-hydrogen) atoms. The van der Waals surface area contributed by atoms with Gasteiger partial charge in [0.15, 0.2) is 0 Å². The first kappa shape index (κ1) is 17.5. The van der Waals surface area contributed by atoms with Gasteiger partial charge in [-0.2, -0.15) is 10.2 Å². The fourth-order valence-electron chi connectivity index (χ4n) is 2.34. The van der Waals surface area contributed by atoms with E-state index in [1.807, 2.05) is 31.2 Å². The Labute approximate surface area is 156 Å². The molecular weight excluding hydrogens is 350 g/mol. The predicted molar refractivity (Wildman–Crippen MR) is 102 cm³/mol. The lowest BCUT2D eigenvalue weighted by atomic mass is 10.2. The summed E-state index contributed by atoms with van der Waals surface area (Å²) in [6.45, 7) is 1.89. The topological polar surface area (TPSA) is 82.9 Å². The van der Waals surface area contributed by atoms with E-state index in [2.05, 4.69) is 26.7 Å². The van der Waals surface area contributed by atoms with Crippen molar-refractivity contribution >= 4 is 34.7 Å². The average Bonchev–Trinajstić information content (AvgIpc) is 2.62. The number of halogens is 1. The second-order valence-electron chi connectivity index (χ2n) is 5.51. The summed E-state index contributed by atoms with van der Waals surface area (Å²) in [6.07, 6.45) is 0. The molecule has 0 aliphatic carbocycles. The molecule has 3 rings (SSSR count). The Bertz CT molecular complexity index is 967. The molecule has 0 bridgehead atoms. The molecule has 1 aromatic heterocycles. The average molecular weight is 366 g/mol. The summed E-state index contributed by atoms with van der Waals surface area (Å²) in [4.78, 5) is 8.86. The van der Waals surface area contributed by atoms with E-state index < -0.39 is 0 Å². The predicted octanol–water partition coefficient (Wildman–Crippen LogP) is 4.81. The van der Waals surface area contributed by atoms with Crippen LogP contribution in [0.25, 0.3) is 0 Å². The zero-order valence-corrected chi connectivity index (χ0v) is 15.0. The molecule has 0 aliphatic rings. The lowest BCUT2D eigenvalue weighted by molar-refractivity contribution is 0.415. The summed E-state index contributed by atoms with van der Waals surface area (Å²) in [6, 6.07) is 16.4. The number of anilines is 4. The molecule has 2 aromatic carbocycles. The number of rotatable bonds is 5. The van der Waals surface area contributed by atoms with Gasteiger partial charge in [0.05, 0.1) is 23.8 Å². The molecule has 6 nitrogen and oxygen atoms in total. The fourth-order valence-corrected chi connectivity index (χ4v) is 2.60. The summed E-state index contributed by atoms with van der Waals surface area (Å²) in [5, 5.41) is 15.7. The molecule has 130 valence electrons. The van der Waals surface area contributed by atoms with Crippen molar-refractivity contribution in [1.29, 1.82) is 5.26 Å². The molecule has 0 amide bonds. The van der Waals surface area contributed by atoms with Crippen LogP contribution < -0.4 is 15.4 Å². The second-order valence-corrected chi connectivity index (χ2v) is 5.91. The third-order valence-electron chi connectivity index (χ3n) is 3.55. The highest BCUT2D eigenvalue weighted by molar-refractivity contribution is 6.32. The SMILES string of the molecule is COc1ccc(Nc2nc(C)cc(Nc3ccc(C#N)cc3)n2)cc1Cl. The number of methoxy groups -OCH3 is 1. The molecule has 7 heteroatoms. The van der Waals surface area contributed by atoms with Crippen molar-refractivity contribution in [1.82, 2.24) is 9.97 Å². The minimum absolute atomic E-state index is 0.447. The monoisotopic (exact) mass is 365 g/mol. The highest BCUT2D eigenvalue weighted by atomic mass is 35.5. The minimum Gasteiger partial charge on any atom is -0.495 e. The van der Waals surface area contributed by atoms with Crippen LogP contribution in [-0.4, -0.2) is 17.1 Å². The quantitative estimate of drug-likeness (QED) is 0.675. The molecule has 1 heterocycles. The van der Waals surface area contributed by atoms with Gasteiger partial charge in [0.2, 0.25) is 5.95 Å². The summed E-state index contributed by atoms with van der Waals surface area (Å²) in [5.41, 5.74) is 3.00. The molecule has 3 aromatic rings. The summed E-state index contributed by atoms with van der Waals surface area (Å²) in [7, 11) is 1.57. The molecule has 0 atom stereocenters. The van der Waals surface area contributed by atoms with Crippen LogP contribution >= 0.6 is 11.6 Å². The van der Waals surface area contributed by atoms with Gasteiger partial charge < -0.3 is 15.4 Å². The zero-order chi connectivity index (χ0) is 18.5. The molecule has 0 saturated carbocycles. The number of nitrogens with zero attached hydrogens (tertiary/aromatic N) is 3. The van der Waals surface area contributed by atoms with Gasteiger partial charge in [-0.15, -0.1) is 0 Å². The number of nitrogens with one attached hydrogen (secondary N) is 2. The Morgan fingerprint density at radius 1 is 1.00 bits per heavy atom. The normalized spacial score (nSPS) is 10.1. The van der Waals surface area contributed by atoms with E-state index in [0.29, 0.717) is 28.1 Å². The van der Waals surface area contributed by atoms with Crippen molar-refractivity contribution < 1.29 is 4.74 Å². The number of aryl methyl sites for hydroxylation is 1. The first-order chi connectivity index (χ1) is 12.6. The van der Waals surface area contributed by atoms with Gasteiger partial charge in [-0.25, -0.2) is 4.98 Å². The van der Waals surface area contributed by atoms with Crippen LogP contribution in [-0.2, 0) is 0 Å². The Morgan fingerprint density at radius 2 is 1.73 bits per heavy atom. The van der Waals surface area contributed by atoms with Crippen LogP contribution in [0.3, 0.4) is 0 Å². The molecule has 0 aliphatic heterocycles. The zero-order valence-electron chi connectivity index (χ0n) is 14.2. The maximum atomic E-state index is 8.87. The van der Waals surface area contributed by atoms with Crippen LogP contribution in [0.15, 0.2) is 48.5 Å². The van der Waals surface area contributed by atoms with Crippen LogP contribution in [0.5, 0.6) is 5.75 Å². The maximum Gasteiger partial charge on any atom is 0.229 e. The van der Waals surface area contributed by atoms with Crippen molar-refractivity contribution in [3.63, 3.8) is 0 Å². The number of nitriles is 1. The van der Waals surface area contributed by atoms with Crippen LogP contribution in [0.4, 0.5) is 23.1 Å². The summed E-state index contributed by atoms with van der Waals surface area (Å²) in [5.74, 6) is 1.69. The lowest BCUT2D eigenvalue weighted by Crippen LogP contribution is -2.02.